The first-order chi connectivity index (χ1) is 17.9. The summed E-state index contributed by atoms with van der Waals surface area (Å²) >= 11 is 0. The fraction of sp³-hybridized carbons (Fsp3) is 0.185. The third-order valence-electron chi connectivity index (χ3n) is 5.91. The number of benzene rings is 3. The maximum Gasteiger partial charge on any atom is 0.269 e. The van der Waals surface area contributed by atoms with Crippen molar-refractivity contribution in [1.82, 2.24) is 4.98 Å². The predicted octanol–water partition coefficient (Wildman–Crippen LogP) is 5.02. The normalized spacial score (nSPS) is 10.6. The van der Waals surface area contributed by atoms with Gasteiger partial charge in [0.2, 0.25) is 0 Å². The van der Waals surface area contributed by atoms with Crippen LogP contribution in [0.5, 0.6) is 23.0 Å². The number of nitrogens with zero attached hydrogens (tertiary/aromatic N) is 2. The van der Waals surface area contributed by atoms with Crippen LogP contribution in [0.15, 0.2) is 60.8 Å². The van der Waals surface area contributed by atoms with Gasteiger partial charge in [-0.05, 0) is 47.3 Å². The van der Waals surface area contributed by atoms with Gasteiger partial charge in [-0.25, -0.2) is 0 Å². The molecule has 0 aliphatic heterocycles. The number of nitro groups is 1. The van der Waals surface area contributed by atoms with Crippen LogP contribution in [0.1, 0.15) is 21.6 Å². The summed E-state index contributed by atoms with van der Waals surface area (Å²) in [6, 6.07) is 14.5. The second-order valence-corrected chi connectivity index (χ2v) is 7.99. The maximum atomic E-state index is 13.0. The minimum Gasteiger partial charge on any atom is -0.493 e. The number of methoxy groups -OCH3 is 4. The van der Waals surface area contributed by atoms with E-state index in [1.54, 1.807) is 32.5 Å². The molecule has 10 nitrogen and oxygen atoms in total. The Morgan fingerprint density at radius 3 is 2.08 bits per heavy atom. The fourth-order valence-corrected chi connectivity index (χ4v) is 3.99. The number of fused-ring (bicyclic) bond motifs is 1. The van der Waals surface area contributed by atoms with Crippen molar-refractivity contribution < 1.29 is 28.7 Å². The van der Waals surface area contributed by atoms with E-state index in [-0.39, 0.29) is 11.3 Å². The zero-order valence-electron chi connectivity index (χ0n) is 20.7. The lowest BCUT2D eigenvalue weighted by Gasteiger charge is -2.17. The number of amides is 1. The van der Waals surface area contributed by atoms with Crippen LogP contribution in [0.4, 0.5) is 11.4 Å². The van der Waals surface area contributed by atoms with Crippen LogP contribution < -0.4 is 24.3 Å². The summed E-state index contributed by atoms with van der Waals surface area (Å²) in [5, 5.41) is 15.6. The van der Waals surface area contributed by atoms with Gasteiger partial charge in [0.15, 0.2) is 23.0 Å². The molecule has 10 heteroatoms. The van der Waals surface area contributed by atoms with E-state index in [4.69, 9.17) is 18.9 Å². The van der Waals surface area contributed by atoms with E-state index >= 15 is 0 Å². The standard InChI is InChI=1S/C27H25N3O7/c1-34-23-12-17-9-10-28-22(20(17)14-25(23)36-3)11-18-13-24(35-2)26(37-4)15-21(18)29-27(31)16-5-7-19(8-6-16)30(32)33/h5-10,12-15H,11H2,1-4H3,(H,29,31). The minimum atomic E-state index is -0.518. The van der Waals surface area contributed by atoms with Crippen LogP contribution in [0.3, 0.4) is 0 Å². The summed E-state index contributed by atoms with van der Waals surface area (Å²) in [7, 11) is 6.19. The molecule has 0 aliphatic rings. The summed E-state index contributed by atoms with van der Waals surface area (Å²) in [6.07, 6.45) is 2.06. The van der Waals surface area contributed by atoms with Crippen molar-refractivity contribution in [2.75, 3.05) is 33.8 Å². The zero-order valence-corrected chi connectivity index (χ0v) is 20.7. The first kappa shape index (κ1) is 25.2. The molecule has 0 spiro atoms. The van der Waals surface area contributed by atoms with Gasteiger partial charge in [-0.15, -0.1) is 0 Å². The van der Waals surface area contributed by atoms with Crippen molar-refractivity contribution in [3.05, 3.63) is 87.7 Å². The van der Waals surface area contributed by atoms with Crippen molar-refractivity contribution >= 4 is 28.1 Å². The van der Waals surface area contributed by atoms with Gasteiger partial charge in [-0.1, -0.05) is 0 Å². The second kappa shape index (κ2) is 10.8. The monoisotopic (exact) mass is 503 g/mol. The Bertz CT molecular complexity index is 1470. The van der Waals surface area contributed by atoms with Gasteiger partial charge in [0, 0.05) is 47.5 Å². The Kier molecular flexibility index (Phi) is 7.38. The number of carbonyl (C=O) groups is 1. The topological polar surface area (TPSA) is 122 Å². The highest BCUT2D eigenvalue weighted by Gasteiger charge is 2.18. The molecular formula is C27H25N3O7. The number of hydrogen-bond donors (Lipinski definition) is 1. The first-order valence-electron chi connectivity index (χ1n) is 11.2. The Labute approximate surface area is 212 Å². The summed E-state index contributed by atoms with van der Waals surface area (Å²) < 4.78 is 21.8. The Hall–Kier alpha value is -4.86. The van der Waals surface area contributed by atoms with Crippen LogP contribution in [0.2, 0.25) is 0 Å². The van der Waals surface area contributed by atoms with Gasteiger partial charge in [0.25, 0.3) is 11.6 Å². The molecule has 1 N–H and O–H groups in total. The van der Waals surface area contributed by atoms with Gasteiger partial charge in [0.1, 0.15) is 0 Å². The van der Waals surface area contributed by atoms with Crippen LogP contribution in [-0.4, -0.2) is 44.3 Å². The molecule has 1 heterocycles. The average molecular weight is 504 g/mol. The highest BCUT2D eigenvalue weighted by molar-refractivity contribution is 6.05. The lowest BCUT2D eigenvalue weighted by atomic mass is 10.0. The number of ether oxygens (including phenoxy) is 4. The molecule has 0 radical (unpaired) electrons. The number of carbonyl (C=O) groups excluding carboxylic acids is 1. The lowest BCUT2D eigenvalue weighted by molar-refractivity contribution is -0.384. The van der Waals surface area contributed by atoms with Crippen LogP contribution in [-0.2, 0) is 6.42 Å². The first-order valence-corrected chi connectivity index (χ1v) is 11.2. The smallest absolute Gasteiger partial charge is 0.269 e. The molecule has 0 aliphatic carbocycles. The largest absolute Gasteiger partial charge is 0.493 e. The minimum absolute atomic E-state index is 0.0996. The lowest BCUT2D eigenvalue weighted by Crippen LogP contribution is -2.14. The Balaban J connectivity index is 1.75. The van der Waals surface area contributed by atoms with Gasteiger partial charge in [0.05, 0.1) is 39.1 Å². The molecule has 0 fully saturated rings. The van der Waals surface area contributed by atoms with Crippen molar-refractivity contribution in [2.24, 2.45) is 0 Å². The third kappa shape index (κ3) is 5.22. The van der Waals surface area contributed by atoms with E-state index in [1.165, 1.54) is 38.5 Å². The molecule has 37 heavy (non-hydrogen) atoms. The van der Waals surface area contributed by atoms with Crippen LogP contribution >= 0.6 is 0 Å². The van der Waals surface area contributed by atoms with Crippen molar-refractivity contribution in [2.45, 2.75) is 6.42 Å². The highest BCUT2D eigenvalue weighted by atomic mass is 16.6. The molecule has 190 valence electrons. The van der Waals surface area contributed by atoms with Crippen molar-refractivity contribution in [3.63, 3.8) is 0 Å². The quantitative estimate of drug-likeness (QED) is 0.250. The Morgan fingerprint density at radius 2 is 1.46 bits per heavy atom. The SMILES string of the molecule is COc1cc(Cc2nccc3cc(OC)c(OC)cc23)c(NC(=O)c2ccc([N+](=O)[O-])cc2)cc1OC. The molecule has 0 saturated heterocycles. The van der Waals surface area contributed by atoms with Crippen molar-refractivity contribution in [1.29, 1.82) is 0 Å². The number of nitrogens with one attached hydrogen (secondary N) is 1. The third-order valence-corrected chi connectivity index (χ3v) is 5.91. The van der Waals surface area contributed by atoms with Crippen LogP contribution in [0.25, 0.3) is 10.8 Å². The molecule has 0 bridgehead atoms. The molecule has 4 rings (SSSR count). The molecule has 1 aromatic heterocycles. The van der Waals surface area contributed by atoms with E-state index in [1.807, 2.05) is 18.2 Å². The summed E-state index contributed by atoms with van der Waals surface area (Å²) in [5.74, 6) is 1.67. The van der Waals surface area contributed by atoms with E-state index in [9.17, 15) is 14.9 Å². The van der Waals surface area contributed by atoms with Gasteiger partial charge in [-0.3, -0.25) is 19.9 Å². The van der Waals surface area contributed by atoms with Crippen LogP contribution in [0, 0.1) is 10.1 Å². The molecule has 0 unspecified atom stereocenters. The van der Waals surface area contributed by atoms with Gasteiger partial charge in [-0.2, -0.15) is 0 Å². The summed E-state index contributed by atoms with van der Waals surface area (Å²) in [5.41, 5.74) is 2.13. The number of aromatic nitrogens is 1. The van der Waals surface area contributed by atoms with E-state index in [2.05, 4.69) is 10.3 Å². The zero-order chi connectivity index (χ0) is 26.5. The number of pyridine rings is 1. The van der Waals surface area contributed by atoms with E-state index < -0.39 is 10.8 Å². The van der Waals surface area contributed by atoms with E-state index in [0.29, 0.717) is 35.1 Å². The second-order valence-electron chi connectivity index (χ2n) is 7.99. The molecule has 0 atom stereocenters. The molecule has 4 aromatic rings. The number of non-ortho nitro benzene ring substituents is 1. The number of nitro benzene ring substituents is 1. The molecule has 3 aromatic carbocycles. The average Bonchev–Trinajstić information content (AvgIpc) is 2.92. The van der Waals surface area contributed by atoms with Gasteiger partial charge < -0.3 is 24.3 Å². The van der Waals surface area contributed by atoms with Crippen molar-refractivity contribution in [3.8, 4) is 23.0 Å². The van der Waals surface area contributed by atoms with E-state index in [0.717, 1.165) is 22.0 Å². The molecule has 1 amide bonds. The molecular weight excluding hydrogens is 478 g/mol. The number of hydrogen-bond acceptors (Lipinski definition) is 8. The molecule has 0 saturated carbocycles. The maximum absolute atomic E-state index is 13.0. The number of anilines is 1. The summed E-state index contributed by atoms with van der Waals surface area (Å²) in [4.78, 5) is 28.0. The fourth-order valence-electron chi connectivity index (χ4n) is 3.99. The van der Waals surface area contributed by atoms with Gasteiger partial charge >= 0.3 is 0 Å². The summed E-state index contributed by atoms with van der Waals surface area (Å²) in [6.45, 7) is 0. The number of rotatable bonds is 9. The Morgan fingerprint density at radius 1 is 0.865 bits per heavy atom. The highest BCUT2D eigenvalue weighted by Crippen LogP contribution is 2.37. The predicted molar refractivity (Wildman–Crippen MR) is 138 cm³/mol.